The summed E-state index contributed by atoms with van der Waals surface area (Å²) in [6, 6.07) is 15.5. The van der Waals surface area contributed by atoms with Crippen LogP contribution < -0.4 is 10.6 Å². The van der Waals surface area contributed by atoms with Gasteiger partial charge in [0.15, 0.2) is 5.11 Å². The first-order valence-corrected chi connectivity index (χ1v) is 8.64. The molecule has 0 amide bonds. The van der Waals surface area contributed by atoms with Crippen molar-refractivity contribution < 1.29 is 9.53 Å². The van der Waals surface area contributed by atoms with Gasteiger partial charge in [0.1, 0.15) is 0 Å². The molecule has 0 radical (unpaired) electrons. The van der Waals surface area contributed by atoms with Crippen LogP contribution in [0.2, 0.25) is 0 Å². The van der Waals surface area contributed by atoms with Crippen molar-refractivity contribution in [2.75, 3.05) is 12.4 Å². The third kappa shape index (κ3) is 5.03. The number of carbonyl (C=O) groups excluding carboxylic acids is 1. The number of hydrogen-bond acceptors (Lipinski definition) is 3. The highest BCUT2D eigenvalue weighted by molar-refractivity contribution is 7.80. The lowest BCUT2D eigenvalue weighted by molar-refractivity contribution is 0.0601. The highest BCUT2D eigenvalue weighted by Crippen LogP contribution is 2.24. The van der Waals surface area contributed by atoms with Gasteiger partial charge in [-0.25, -0.2) is 4.79 Å². The zero-order valence-corrected chi connectivity index (χ0v) is 15.8. The Morgan fingerprint density at radius 3 is 2.48 bits per heavy atom. The molecule has 4 nitrogen and oxygen atoms in total. The number of ether oxygens (including phenoxy) is 1. The molecule has 2 aromatic rings. The highest BCUT2D eigenvalue weighted by Gasteiger charge is 2.18. The molecule has 2 N–H and O–H groups in total. The van der Waals surface area contributed by atoms with E-state index in [0.29, 0.717) is 16.6 Å². The van der Waals surface area contributed by atoms with Crippen molar-refractivity contribution in [2.45, 2.75) is 26.8 Å². The van der Waals surface area contributed by atoms with Crippen LogP contribution in [0.25, 0.3) is 0 Å². The quantitative estimate of drug-likeness (QED) is 0.612. The number of anilines is 1. The van der Waals surface area contributed by atoms with Gasteiger partial charge in [-0.1, -0.05) is 44.2 Å². The van der Waals surface area contributed by atoms with Crippen LogP contribution in [-0.4, -0.2) is 18.2 Å². The number of methoxy groups -OCH3 is 1. The van der Waals surface area contributed by atoms with Gasteiger partial charge in [0, 0.05) is 5.69 Å². The van der Waals surface area contributed by atoms with E-state index in [0.717, 1.165) is 5.69 Å². The molecular formula is C20H24N2O2S. The van der Waals surface area contributed by atoms with Gasteiger partial charge in [-0.15, -0.1) is 0 Å². The number of rotatable bonds is 5. The smallest absolute Gasteiger partial charge is 0.337 e. The fourth-order valence-corrected chi connectivity index (χ4v) is 2.93. The fraction of sp³-hybridized carbons (Fsp3) is 0.300. The third-order valence-corrected chi connectivity index (χ3v) is 4.24. The van der Waals surface area contributed by atoms with Gasteiger partial charge in [-0.3, -0.25) is 0 Å². The first-order valence-electron chi connectivity index (χ1n) is 8.23. The molecule has 0 saturated carbocycles. The number of hydrogen-bond donors (Lipinski definition) is 2. The summed E-state index contributed by atoms with van der Waals surface area (Å²) in [5.74, 6) is -0.00949. The molecule has 0 aliphatic heterocycles. The fourth-order valence-electron chi connectivity index (χ4n) is 2.69. The largest absolute Gasteiger partial charge is 0.465 e. The standard InChI is InChI=1S/C20H24N2O2S/c1-13(2)18(17-11-6-5-8-14(17)3)22-20(25)21-16-10-7-9-15(12-16)19(23)24-4/h5-13,18H,1-4H3,(H2,21,22,25)/t18-/m0/s1. The predicted octanol–water partition coefficient (Wildman–Crippen LogP) is 4.47. The van der Waals surface area contributed by atoms with Crippen LogP contribution in [0.4, 0.5) is 5.69 Å². The van der Waals surface area contributed by atoms with Gasteiger partial charge in [-0.05, 0) is 54.4 Å². The van der Waals surface area contributed by atoms with Gasteiger partial charge in [0.05, 0.1) is 18.7 Å². The topological polar surface area (TPSA) is 50.4 Å². The molecule has 0 unspecified atom stereocenters. The third-order valence-electron chi connectivity index (χ3n) is 4.02. The van der Waals surface area contributed by atoms with Crippen molar-refractivity contribution >= 4 is 29.0 Å². The van der Waals surface area contributed by atoms with Crippen LogP contribution in [0.15, 0.2) is 48.5 Å². The van der Waals surface area contributed by atoms with E-state index in [1.807, 2.05) is 18.2 Å². The molecule has 0 aliphatic carbocycles. The van der Waals surface area contributed by atoms with Crippen LogP contribution in [0, 0.1) is 12.8 Å². The lowest BCUT2D eigenvalue weighted by atomic mass is 9.93. The number of aryl methyl sites for hydroxylation is 1. The number of nitrogens with one attached hydrogen (secondary N) is 2. The maximum atomic E-state index is 11.6. The lowest BCUT2D eigenvalue weighted by Gasteiger charge is -2.26. The average molecular weight is 356 g/mol. The van der Waals surface area contributed by atoms with E-state index in [1.54, 1.807) is 18.2 Å². The number of carbonyl (C=O) groups is 1. The molecule has 25 heavy (non-hydrogen) atoms. The molecular weight excluding hydrogens is 332 g/mol. The summed E-state index contributed by atoms with van der Waals surface area (Å²) < 4.78 is 4.75. The van der Waals surface area contributed by atoms with Crippen LogP contribution in [0.3, 0.4) is 0 Å². The van der Waals surface area contributed by atoms with E-state index in [1.165, 1.54) is 18.2 Å². The Bertz CT molecular complexity index is 759. The second kappa shape index (κ2) is 8.62. The van der Waals surface area contributed by atoms with E-state index in [9.17, 15) is 4.79 Å². The zero-order chi connectivity index (χ0) is 18.4. The van der Waals surface area contributed by atoms with Crippen molar-refractivity contribution in [3.63, 3.8) is 0 Å². The zero-order valence-electron chi connectivity index (χ0n) is 15.0. The molecule has 2 aromatic carbocycles. The monoisotopic (exact) mass is 356 g/mol. The summed E-state index contributed by atoms with van der Waals surface area (Å²) in [6.45, 7) is 6.41. The number of thiocarbonyl (C=S) groups is 1. The minimum atomic E-state index is -0.373. The minimum absolute atomic E-state index is 0.102. The maximum Gasteiger partial charge on any atom is 0.337 e. The Kier molecular flexibility index (Phi) is 6.53. The molecule has 0 bridgehead atoms. The van der Waals surface area contributed by atoms with E-state index >= 15 is 0 Å². The average Bonchev–Trinajstić information content (AvgIpc) is 2.59. The molecule has 0 heterocycles. The van der Waals surface area contributed by atoms with Crippen molar-refractivity contribution in [1.82, 2.24) is 5.32 Å². The van der Waals surface area contributed by atoms with Gasteiger partial charge >= 0.3 is 5.97 Å². The van der Waals surface area contributed by atoms with Crippen LogP contribution in [-0.2, 0) is 4.74 Å². The molecule has 0 aliphatic rings. The molecule has 0 saturated heterocycles. The van der Waals surface area contributed by atoms with Crippen LogP contribution in [0.1, 0.15) is 41.4 Å². The van der Waals surface area contributed by atoms with E-state index in [2.05, 4.69) is 43.5 Å². The maximum absolute atomic E-state index is 11.6. The summed E-state index contributed by atoms with van der Waals surface area (Å²) in [5.41, 5.74) is 3.68. The Morgan fingerprint density at radius 2 is 1.84 bits per heavy atom. The van der Waals surface area contributed by atoms with Gasteiger partial charge in [0.2, 0.25) is 0 Å². The summed E-state index contributed by atoms with van der Waals surface area (Å²) >= 11 is 5.47. The van der Waals surface area contributed by atoms with Crippen LogP contribution >= 0.6 is 12.2 Å². The van der Waals surface area contributed by atoms with Crippen molar-refractivity contribution in [3.05, 3.63) is 65.2 Å². The second-order valence-electron chi connectivity index (χ2n) is 6.25. The second-order valence-corrected chi connectivity index (χ2v) is 6.66. The molecule has 1 atom stereocenters. The number of benzene rings is 2. The summed E-state index contributed by atoms with van der Waals surface area (Å²) in [7, 11) is 1.37. The Balaban J connectivity index is 2.12. The molecule has 5 heteroatoms. The van der Waals surface area contributed by atoms with Crippen LogP contribution in [0.5, 0.6) is 0 Å². The Hall–Kier alpha value is -2.40. The van der Waals surface area contributed by atoms with E-state index in [4.69, 9.17) is 17.0 Å². The summed E-state index contributed by atoms with van der Waals surface area (Å²) in [6.07, 6.45) is 0. The Labute approximate surface area is 154 Å². The van der Waals surface area contributed by atoms with Gasteiger partial charge < -0.3 is 15.4 Å². The first kappa shape index (κ1) is 18.9. The first-order chi connectivity index (χ1) is 11.9. The molecule has 132 valence electrons. The molecule has 0 spiro atoms. The van der Waals surface area contributed by atoms with Crippen molar-refractivity contribution in [2.24, 2.45) is 5.92 Å². The van der Waals surface area contributed by atoms with E-state index in [-0.39, 0.29) is 12.0 Å². The summed E-state index contributed by atoms with van der Waals surface area (Å²) in [5, 5.41) is 7.05. The molecule has 0 fully saturated rings. The van der Waals surface area contributed by atoms with Gasteiger partial charge in [-0.2, -0.15) is 0 Å². The lowest BCUT2D eigenvalue weighted by Crippen LogP contribution is -2.35. The summed E-state index contributed by atoms with van der Waals surface area (Å²) in [4.78, 5) is 11.6. The van der Waals surface area contributed by atoms with Crippen molar-refractivity contribution in [1.29, 1.82) is 0 Å². The van der Waals surface area contributed by atoms with Crippen molar-refractivity contribution in [3.8, 4) is 0 Å². The Morgan fingerprint density at radius 1 is 1.12 bits per heavy atom. The molecule has 2 rings (SSSR count). The minimum Gasteiger partial charge on any atom is -0.465 e. The molecule has 0 aromatic heterocycles. The SMILES string of the molecule is COC(=O)c1cccc(NC(=S)N[C@H](c2ccccc2C)C(C)C)c1. The highest BCUT2D eigenvalue weighted by atomic mass is 32.1. The predicted molar refractivity (Wildman–Crippen MR) is 106 cm³/mol. The van der Waals surface area contributed by atoms with Gasteiger partial charge in [0.25, 0.3) is 0 Å². The number of esters is 1. The van der Waals surface area contributed by atoms with E-state index < -0.39 is 0 Å². The normalized spacial score (nSPS) is 11.7.